The molecular weight excluding hydrogens is 943 g/mol. The summed E-state index contributed by atoms with van der Waals surface area (Å²) >= 11 is 7.20. The highest BCUT2D eigenvalue weighted by Crippen LogP contribution is 2.22. The van der Waals surface area contributed by atoms with Crippen molar-refractivity contribution in [2.75, 3.05) is 61.3 Å². The third kappa shape index (κ3) is 20.9. The number of likely N-dealkylation sites (tertiary alicyclic amines) is 1. The fourth-order valence-corrected chi connectivity index (χ4v) is 9.10. The highest BCUT2D eigenvalue weighted by molar-refractivity contribution is 7.99. The molecule has 5 atom stereocenters. The Hall–Kier alpha value is -5.02. The number of carbonyl (C=O) groups excluding carboxylic acids is 7. The Bertz CT molecular complexity index is 2130. The largest absolute Gasteiger partial charge is 0.467 e. The van der Waals surface area contributed by atoms with E-state index in [4.69, 9.17) is 9.37 Å². The molecule has 2 aromatic rings. The minimum atomic E-state index is -1.09. The minimum Gasteiger partial charge on any atom is -0.467 e. The van der Waals surface area contributed by atoms with Crippen molar-refractivity contribution >= 4 is 94.3 Å². The predicted molar refractivity (Wildman–Crippen MR) is 277 cm³/mol. The van der Waals surface area contributed by atoms with E-state index in [1.54, 1.807) is 18.2 Å². The molecule has 69 heavy (non-hydrogen) atoms. The molecule has 6 amide bonds. The summed E-state index contributed by atoms with van der Waals surface area (Å²) in [4.78, 5) is 95.1. The third-order valence-electron chi connectivity index (χ3n) is 11.2. The molecule has 3 rings (SSSR count). The fraction of sp³-hybridized carbons (Fsp3) is 0.604. The number of nitrogens with one attached hydrogen (secondary N) is 6. The zero-order valence-electron chi connectivity index (χ0n) is 41.3. The van der Waals surface area contributed by atoms with Crippen molar-refractivity contribution in [2.24, 2.45) is 5.92 Å². The summed E-state index contributed by atoms with van der Waals surface area (Å²) in [6.45, 7) is 11.8. The summed E-state index contributed by atoms with van der Waals surface area (Å²) in [5.74, 6) is -2.63. The lowest BCUT2D eigenvalue weighted by molar-refractivity contribution is -0.146. The van der Waals surface area contributed by atoms with Gasteiger partial charge in [-0.15, -0.1) is 0 Å². The Morgan fingerprint density at radius 1 is 0.870 bits per heavy atom. The zero-order chi connectivity index (χ0) is 50.9. The van der Waals surface area contributed by atoms with Crippen molar-refractivity contribution in [1.82, 2.24) is 41.8 Å². The molecule has 6 N–H and O–H groups in total. The number of benzene rings is 1. The quantitative estimate of drug-likeness (QED) is 0.0242. The van der Waals surface area contributed by atoms with Crippen LogP contribution in [-0.2, 0) is 38.3 Å². The maximum absolute atomic E-state index is 14.1. The van der Waals surface area contributed by atoms with Crippen LogP contribution in [-0.4, -0.2) is 143 Å². The van der Waals surface area contributed by atoms with Crippen molar-refractivity contribution in [3.8, 4) is 0 Å². The SMILES string of the molecule is COC(=O)[C@H](CSC/C=C(\C)CC/C=C(\C)CCC=C(C)C)NC(=O)[C@@H]1CCCN1C(=O)[C@H](CC(C)C)NC(=O)CNC(=O)[C@H](CCSC)NC(=O)[C@H](CS)NC(=O)CNc1cccc2nonc12. The van der Waals surface area contributed by atoms with Gasteiger partial charge in [-0.3, -0.25) is 28.8 Å². The Morgan fingerprint density at radius 3 is 2.25 bits per heavy atom. The minimum absolute atomic E-state index is 0.0254. The molecule has 2 heterocycles. The van der Waals surface area contributed by atoms with E-state index in [1.807, 2.05) is 20.1 Å². The first kappa shape index (κ1) is 58.3. The molecule has 1 aliphatic rings. The number of thiol groups is 1. The van der Waals surface area contributed by atoms with Gasteiger partial charge in [0.2, 0.25) is 35.4 Å². The van der Waals surface area contributed by atoms with Crippen LogP contribution in [0.15, 0.2) is 57.8 Å². The van der Waals surface area contributed by atoms with Crippen molar-refractivity contribution in [3.05, 3.63) is 53.1 Å². The Labute approximate surface area is 420 Å². The molecule has 1 aromatic carbocycles. The third-order valence-corrected chi connectivity index (χ3v) is 13.1. The number of hydrogen-bond acceptors (Lipinski definition) is 15. The first-order valence-electron chi connectivity index (χ1n) is 23.4. The Balaban J connectivity index is 1.55. The number of anilines is 1. The van der Waals surface area contributed by atoms with Crippen LogP contribution in [0.3, 0.4) is 0 Å². The standard InChI is InChI=1S/C48H73N9O9S3/c1-30(2)13-9-14-32(5)15-10-16-33(6)20-24-69-29-39(48(64)65-7)54-46(62)40-19-12-22-57(40)47(63)37(25-31(3)4)51-42(59)27-50-44(60)36(21-23-68-8)53-45(61)38(28-67)52-41(58)26-49-34-17-11-18-35-43(34)56-66-55-35/h11,13,15,17-18,20,31,36-40,49,67H,9-10,12,14,16,19,21-29H2,1-8H3,(H,50,60)(H,51,59)(H,52,58)(H,53,61)(H,54,62)/b32-15+,33-20+/t36-,37-,38-,39-,40-/m0/s1. The van der Waals surface area contributed by atoms with Gasteiger partial charge >= 0.3 is 5.97 Å². The smallest absolute Gasteiger partial charge is 0.329 e. The van der Waals surface area contributed by atoms with Gasteiger partial charge in [0.15, 0.2) is 5.52 Å². The fourth-order valence-electron chi connectivity index (χ4n) is 7.38. The van der Waals surface area contributed by atoms with Crippen molar-refractivity contribution < 1.29 is 42.9 Å². The van der Waals surface area contributed by atoms with E-state index >= 15 is 0 Å². The summed E-state index contributed by atoms with van der Waals surface area (Å²) < 4.78 is 9.78. The average molecular weight is 1020 g/mol. The number of methoxy groups -OCH3 is 1. The van der Waals surface area contributed by atoms with Crippen LogP contribution in [0.5, 0.6) is 0 Å². The molecule has 1 aliphatic heterocycles. The number of rotatable bonds is 30. The number of ether oxygens (including phenoxy) is 1. The maximum atomic E-state index is 14.1. The molecule has 1 saturated heterocycles. The molecule has 1 aromatic heterocycles. The van der Waals surface area contributed by atoms with E-state index in [-0.39, 0.29) is 43.4 Å². The van der Waals surface area contributed by atoms with Gasteiger partial charge in [-0.2, -0.15) is 36.2 Å². The van der Waals surface area contributed by atoms with Crippen LogP contribution >= 0.6 is 36.2 Å². The molecule has 0 saturated carbocycles. The first-order valence-corrected chi connectivity index (χ1v) is 26.6. The van der Waals surface area contributed by atoms with Gasteiger partial charge in [-0.05, 0) is 119 Å². The lowest BCUT2D eigenvalue weighted by Crippen LogP contribution is -2.57. The molecule has 0 spiro atoms. The second-order valence-electron chi connectivity index (χ2n) is 17.7. The van der Waals surface area contributed by atoms with Crippen molar-refractivity contribution in [2.45, 2.75) is 123 Å². The lowest BCUT2D eigenvalue weighted by Gasteiger charge is -2.30. The number of esters is 1. The molecular formula is C48H73N9O9S3. The highest BCUT2D eigenvalue weighted by Gasteiger charge is 2.39. The summed E-state index contributed by atoms with van der Waals surface area (Å²) in [6.07, 6.45) is 13.9. The molecule has 1 fully saturated rings. The summed E-state index contributed by atoms with van der Waals surface area (Å²) in [5.41, 5.74) is 5.40. The average Bonchev–Trinajstić information content (AvgIpc) is 4.02. The van der Waals surface area contributed by atoms with E-state index < -0.39 is 78.2 Å². The van der Waals surface area contributed by atoms with E-state index in [9.17, 15) is 33.6 Å². The Morgan fingerprint density at radius 2 is 1.57 bits per heavy atom. The number of carbonyl (C=O) groups is 7. The summed E-state index contributed by atoms with van der Waals surface area (Å²) in [6, 6.07) is 0.184. The van der Waals surface area contributed by atoms with E-state index in [2.05, 4.69) is 101 Å². The number of thioether (sulfide) groups is 2. The normalized spacial score (nSPS) is 15.7. The van der Waals surface area contributed by atoms with Crippen molar-refractivity contribution in [1.29, 1.82) is 0 Å². The number of hydrogen-bond donors (Lipinski definition) is 7. The van der Waals surface area contributed by atoms with Crippen LogP contribution in [0.25, 0.3) is 11.0 Å². The van der Waals surface area contributed by atoms with Gasteiger partial charge in [0.25, 0.3) is 0 Å². The van der Waals surface area contributed by atoms with Gasteiger partial charge in [0, 0.05) is 23.8 Å². The molecule has 18 nitrogen and oxygen atoms in total. The topological polar surface area (TPSA) is 243 Å². The number of nitrogens with zero attached hydrogens (tertiary/aromatic N) is 3. The molecule has 0 aliphatic carbocycles. The van der Waals surface area contributed by atoms with Crippen LogP contribution in [0.2, 0.25) is 0 Å². The van der Waals surface area contributed by atoms with Gasteiger partial charge in [0.05, 0.1) is 25.9 Å². The van der Waals surface area contributed by atoms with E-state index in [0.717, 1.165) is 25.7 Å². The maximum Gasteiger partial charge on any atom is 0.329 e. The van der Waals surface area contributed by atoms with Crippen LogP contribution in [0.1, 0.15) is 92.9 Å². The molecule has 0 radical (unpaired) electrons. The second-order valence-corrected chi connectivity index (χ2v) is 20.1. The number of amides is 6. The highest BCUT2D eigenvalue weighted by atomic mass is 32.2. The predicted octanol–water partition coefficient (Wildman–Crippen LogP) is 4.74. The van der Waals surface area contributed by atoms with Gasteiger partial charge in [-0.25, -0.2) is 9.42 Å². The zero-order valence-corrected chi connectivity index (χ0v) is 43.8. The second kappa shape index (κ2) is 31.3. The molecule has 0 bridgehead atoms. The van der Waals surface area contributed by atoms with Crippen LogP contribution in [0, 0.1) is 5.92 Å². The van der Waals surface area contributed by atoms with Gasteiger partial charge in [0.1, 0.15) is 35.7 Å². The van der Waals surface area contributed by atoms with E-state index in [1.165, 1.54) is 52.3 Å². The molecule has 0 unspecified atom stereocenters. The van der Waals surface area contributed by atoms with Gasteiger partial charge in [-0.1, -0.05) is 54.9 Å². The van der Waals surface area contributed by atoms with E-state index in [0.29, 0.717) is 41.1 Å². The van der Waals surface area contributed by atoms with Gasteiger partial charge < -0.3 is 41.5 Å². The lowest BCUT2D eigenvalue weighted by atomic mass is 10.0. The number of allylic oxidation sites excluding steroid dienone is 5. The summed E-state index contributed by atoms with van der Waals surface area (Å²) in [5, 5.41) is 24.0. The van der Waals surface area contributed by atoms with Crippen LogP contribution in [0.4, 0.5) is 5.69 Å². The Kier molecular flexibility index (Phi) is 26.4. The monoisotopic (exact) mass is 1020 g/mol. The number of aromatic nitrogens is 2. The van der Waals surface area contributed by atoms with Crippen LogP contribution < -0.4 is 31.9 Å². The molecule has 382 valence electrons. The number of fused-ring (bicyclic) bond motifs is 1. The first-order chi connectivity index (χ1) is 33.0. The van der Waals surface area contributed by atoms with Crippen molar-refractivity contribution in [3.63, 3.8) is 0 Å². The summed E-state index contributed by atoms with van der Waals surface area (Å²) in [7, 11) is 1.27. The molecule has 21 heteroatoms.